The maximum atomic E-state index is 11.4. The van der Waals surface area contributed by atoms with E-state index in [9.17, 15) is 9.90 Å². The maximum absolute atomic E-state index is 11.4. The van der Waals surface area contributed by atoms with Crippen LogP contribution in [-0.4, -0.2) is 43.9 Å². The summed E-state index contributed by atoms with van der Waals surface area (Å²) in [4.78, 5) is 27.4. The molecule has 1 N–H and O–H groups in total. The van der Waals surface area contributed by atoms with Crippen molar-refractivity contribution in [2.24, 2.45) is 0 Å². The van der Waals surface area contributed by atoms with Crippen molar-refractivity contribution in [3.8, 4) is 5.75 Å². The van der Waals surface area contributed by atoms with Gasteiger partial charge in [0.15, 0.2) is 4.34 Å². The van der Waals surface area contributed by atoms with Crippen LogP contribution in [0.25, 0.3) is 0 Å². The lowest BCUT2D eigenvalue weighted by Crippen LogP contribution is -2.27. The Labute approximate surface area is 209 Å². The first-order valence-electron chi connectivity index (χ1n) is 11.4. The summed E-state index contributed by atoms with van der Waals surface area (Å²) >= 11 is 2.76. The summed E-state index contributed by atoms with van der Waals surface area (Å²) in [7, 11) is 0. The van der Waals surface area contributed by atoms with Gasteiger partial charge in [0.2, 0.25) is 5.95 Å². The number of aromatic nitrogens is 3. The highest BCUT2D eigenvalue weighted by atomic mass is 32.2. The minimum atomic E-state index is -0.914. The minimum Gasteiger partial charge on any atom is -0.494 e. The molecule has 3 aromatic rings. The van der Waals surface area contributed by atoms with Crippen molar-refractivity contribution in [3.05, 3.63) is 58.9 Å². The van der Waals surface area contributed by atoms with E-state index in [4.69, 9.17) is 4.74 Å². The van der Waals surface area contributed by atoms with Gasteiger partial charge in [-0.05, 0) is 49.9 Å². The molecule has 0 bridgehead atoms. The lowest BCUT2D eigenvalue weighted by molar-refractivity contribution is -0.138. The van der Waals surface area contributed by atoms with Crippen molar-refractivity contribution in [1.29, 1.82) is 0 Å². The topological polar surface area (TPSA) is 88.4 Å². The number of carboxylic acid groups (broad SMARTS) is 1. The van der Waals surface area contributed by atoms with Crippen molar-refractivity contribution in [2.45, 2.75) is 62.6 Å². The number of aryl methyl sites for hydroxylation is 1. The first kappa shape index (κ1) is 26.0. The number of thioether (sulfide) groups is 1. The van der Waals surface area contributed by atoms with Crippen LogP contribution in [0, 0.1) is 0 Å². The van der Waals surface area contributed by atoms with Gasteiger partial charge < -0.3 is 14.7 Å². The van der Waals surface area contributed by atoms with Crippen LogP contribution in [0.2, 0.25) is 0 Å². The zero-order valence-corrected chi connectivity index (χ0v) is 21.8. The molecule has 1 aromatic carbocycles. The number of benzene rings is 1. The van der Waals surface area contributed by atoms with E-state index in [1.54, 1.807) is 13.8 Å². The van der Waals surface area contributed by atoms with Crippen LogP contribution in [0.3, 0.4) is 0 Å². The molecule has 182 valence electrons. The molecule has 0 aliphatic carbocycles. The molecule has 2 aromatic heterocycles. The Morgan fingerprint density at radius 2 is 1.85 bits per heavy atom. The summed E-state index contributed by atoms with van der Waals surface area (Å²) in [6.07, 6.45) is 6.34. The van der Waals surface area contributed by atoms with E-state index in [-0.39, 0.29) is 0 Å². The Bertz CT molecular complexity index is 1050. The van der Waals surface area contributed by atoms with Crippen molar-refractivity contribution in [1.82, 2.24) is 15.0 Å². The molecule has 0 unspecified atom stereocenters. The number of aliphatic carboxylic acids is 1. The van der Waals surface area contributed by atoms with E-state index >= 15 is 0 Å². The van der Waals surface area contributed by atoms with Gasteiger partial charge in [-0.15, -0.1) is 11.3 Å². The maximum Gasteiger partial charge on any atom is 0.319 e. The van der Waals surface area contributed by atoms with Crippen molar-refractivity contribution < 1.29 is 14.6 Å². The van der Waals surface area contributed by atoms with Gasteiger partial charge in [0.05, 0.1) is 12.3 Å². The van der Waals surface area contributed by atoms with Crippen LogP contribution in [0.4, 0.5) is 5.95 Å². The standard InChI is InChI=1S/C25H32N4O3S2/c1-5-13-32-21-9-7-19(8-10-21)16-29(23-26-14-18(6-2)15-27-23)12-11-20-17-33-24(28-20)34-25(3,4)22(30)31/h7-10,14-15,17H,5-6,11-13,16H2,1-4H3,(H,30,31). The van der Waals surface area contributed by atoms with Gasteiger partial charge in [-0.2, -0.15) is 0 Å². The predicted octanol–water partition coefficient (Wildman–Crippen LogP) is 5.49. The van der Waals surface area contributed by atoms with E-state index in [0.717, 1.165) is 39.8 Å². The Balaban J connectivity index is 1.71. The fourth-order valence-corrected chi connectivity index (χ4v) is 5.26. The van der Waals surface area contributed by atoms with Gasteiger partial charge in [0, 0.05) is 37.3 Å². The summed E-state index contributed by atoms with van der Waals surface area (Å²) in [6.45, 7) is 9.62. The third kappa shape index (κ3) is 7.43. The third-order valence-electron chi connectivity index (χ3n) is 5.18. The van der Waals surface area contributed by atoms with Gasteiger partial charge >= 0.3 is 5.97 Å². The lowest BCUT2D eigenvalue weighted by Gasteiger charge is -2.22. The largest absolute Gasteiger partial charge is 0.494 e. The van der Waals surface area contributed by atoms with E-state index in [1.165, 1.54) is 23.1 Å². The number of rotatable bonds is 13. The Morgan fingerprint density at radius 1 is 1.15 bits per heavy atom. The van der Waals surface area contributed by atoms with Crippen LogP contribution >= 0.6 is 23.1 Å². The zero-order chi connectivity index (χ0) is 24.6. The summed E-state index contributed by atoms with van der Waals surface area (Å²) < 4.78 is 5.55. The summed E-state index contributed by atoms with van der Waals surface area (Å²) in [5.74, 6) is 0.706. The van der Waals surface area contributed by atoms with Crippen molar-refractivity contribution in [3.63, 3.8) is 0 Å². The molecular formula is C25H32N4O3S2. The fraction of sp³-hybridized carbons (Fsp3) is 0.440. The molecule has 0 spiro atoms. The summed E-state index contributed by atoms with van der Waals surface area (Å²) in [5, 5.41) is 11.4. The average Bonchev–Trinajstić information content (AvgIpc) is 3.27. The number of carboxylic acids is 1. The molecule has 3 rings (SSSR count). The first-order chi connectivity index (χ1) is 16.3. The predicted molar refractivity (Wildman–Crippen MR) is 138 cm³/mol. The molecule has 0 saturated carbocycles. The molecule has 0 amide bonds. The molecule has 0 atom stereocenters. The van der Waals surface area contributed by atoms with E-state index in [2.05, 4.69) is 45.8 Å². The number of hydrogen-bond donors (Lipinski definition) is 1. The Kier molecular flexibility index (Phi) is 9.29. The SMILES string of the molecule is CCCOc1ccc(CN(CCc2csc(SC(C)(C)C(=O)O)n2)c2ncc(CC)cn2)cc1. The fourth-order valence-electron chi connectivity index (χ4n) is 3.04. The first-order valence-corrected chi connectivity index (χ1v) is 13.1. The Morgan fingerprint density at radius 3 is 2.47 bits per heavy atom. The van der Waals surface area contributed by atoms with E-state index in [0.29, 0.717) is 32.1 Å². The monoisotopic (exact) mass is 500 g/mol. The van der Waals surface area contributed by atoms with Crippen molar-refractivity contribution >= 4 is 35.0 Å². The van der Waals surface area contributed by atoms with Crippen LogP contribution < -0.4 is 9.64 Å². The van der Waals surface area contributed by atoms with Crippen LogP contribution in [0.15, 0.2) is 46.4 Å². The molecule has 7 nitrogen and oxygen atoms in total. The number of anilines is 1. The highest BCUT2D eigenvalue weighted by Crippen LogP contribution is 2.34. The van der Waals surface area contributed by atoms with Gasteiger partial charge in [0.1, 0.15) is 10.5 Å². The molecule has 0 fully saturated rings. The summed E-state index contributed by atoms with van der Waals surface area (Å²) in [5.41, 5.74) is 3.18. The zero-order valence-electron chi connectivity index (χ0n) is 20.2. The van der Waals surface area contributed by atoms with Gasteiger partial charge in [-0.3, -0.25) is 4.79 Å². The molecular weight excluding hydrogens is 468 g/mol. The molecule has 0 saturated heterocycles. The highest BCUT2D eigenvalue weighted by molar-refractivity contribution is 8.02. The third-order valence-corrected chi connectivity index (χ3v) is 7.35. The normalized spacial score (nSPS) is 11.4. The average molecular weight is 501 g/mol. The second-order valence-electron chi connectivity index (χ2n) is 8.43. The van der Waals surface area contributed by atoms with E-state index in [1.807, 2.05) is 29.9 Å². The molecule has 34 heavy (non-hydrogen) atoms. The second-order valence-corrected chi connectivity index (χ2v) is 11.2. The number of nitrogens with zero attached hydrogens (tertiary/aromatic N) is 4. The second kappa shape index (κ2) is 12.2. The molecule has 0 aliphatic rings. The smallest absolute Gasteiger partial charge is 0.319 e. The minimum absolute atomic E-state index is 0.664. The summed E-state index contributed by atoms with van der Waals surface area (Å²) in [6, 6.07) is 8.14. The number of thiazole rings is 1. The van der Waals surface area contributed by atoms with Crippen LogP contribution in [0.1, 0.15) is 50.9 Å². The molecule has 0 aliphatic heterocycles. The quantitative estimate of drug-likeness (QED) is 0.308. The van der Waals surface area contributed by atoms with E-state index < -0.39 is 10.7 Å². The van der Waals surface area contributed by atoms with Gasteiger partial charge in [-0.25, -0.2) is 15.0 Å². The lowest BCUT2D eigenvalue weighted by atomic mass is 10.2. The molecule has 9 heteroatoms. The van der Waals surface area contributed by atoms with Crippen LogP contribution in [0.5, 0.6) is 5.75 Å². The number of ether oxygens (including phenoxy) is 1. The van der Waals surface area contributed by atoms with Crippen LogP contribution in [-0.2, 0) is 24.2 Å². The van der Waals surface area contributed by atoms with Crippen molar-refractivity contribution in [2.75, 3.05) is 18.1 Å². The molecule has 2 heterocycles. The van der Waals surface area contributed by atoms with Gasteiger partial charge in [-0.1, -0.05) is 37.7 Å². The highest BCUT2D eigenvalue weighted by Gasteiger charge is 2.29. The number of carbonyl (C=O) groups is 1. The molecule has 0 radical (unpaired) electrons. The Hall–Kier alpha value is -2.65. The van der Waals surface area contributed by atoms with Gasteiger partial charge in [0.25, 0.3) is 0 Å². The number of hydrogen-bond acceptors (Lipinski definition) is 8.